The number of benzene rings is 3. The van der Waals surface area contributed by atoms with E-state index in [1.54, 1.807) is 0 Å². The summed E-state index contributed by atoms with van der Waals surface area (Å²) in [6.07, 6.45) is 0.425. The van der Waals surface area contributed by atoms with Crippen molar-refractivity contribution in [2.24, 2.45) is 0 Å². The van der Waals surface area contributed by atoms with Crippen molar-refractivity contribution >= 4 is 17.1 Å². The molecule has 1 saturated heterocycles. The third-order valence-corrected chi connectivity index (χ3v) is 6.49. The maximum absolute atomic E-state index is 13.0. The summed E-state index contributed by atoms with van der Waals surface area (Å²) < 4.78 is 1.83. The van der Waals surface area contributed by atoms with E-state index in [4.69, 9.17) is 0 Å². The van der Waals surface area contributed by atoms with Gasteiger partial charge in [0.15, 0.2) is 0 Å². The van der Waals surface area contributed by atoms with Crippen LogP contribution in [0.4, 0.5) is 4.79 Å². The topological polar surface area (TPSA) is 78.3 Å². The first-order valence-electron chi connectivity index (χ1n) is 10.9. The maximum atomic E-state index is 13.0. The van der Waals surface area contributed by atoms with Crippen LogP contribution < -0.4 is 5.69 Å². The molecule has 0 spiro atoms. The fraction of sp³-hybridized carbons (Fsp3) is 0.231. The minimum Gasteiger partial charge on any atom is -0.465 e. The van der Waals surface area contributed by atoms with Gasteiger partial charge < -0.3 is 15.0 Å². The summed E-state index contributed by atoms with van der Waals surface area (Å²) in [5.74, 6) is -0.128. The van der Waals surface area contributed by atoms with E-state index in [2.05, 4.69) is 29.2 Å². The molecule has 2 heterocycles. The molecule has 6 heteroatoms. The number of H-pyrrole nitrogens is 1. The van der Waals surface area contributed by atoms with Gasteiger partial charge in [0.05, 0.1) is 11.0 Å². The monoisotopic (exact) mass is 427 g/mol. The van der Waals surface area contributed by atoms with Crippen molar-refractivity contribution in [1.82, 2.24) is 14.5 Å². The Morgan fingerprint density at radius 2 is 1.69 bits per heavy atom. The Kier molecular flexibility index (Phi) is 5.27. The van der Waals surface area contributed by atoms with Gasteiger partial charge in [-0.15, -0.1) is 0 Å². The average Bonchev–Trinajstić information content (AvgIpc) is 3.15. The number of nitrogens with one attached hydrogen (secondary N) is 1. The van der Waals surface area contributed by atoms with E-state index in [1.807, 2.05) is 59.2 Å². The predicted molar refractivity (Wildman–Crippen MR) is 124 cm³/mol. The number of aromatic amines is 1. The number of fused-ring (bicyclic) bond motifs is 1. The Morgan fingerprint density at radius 3 is 2.50 bits per heavy atom. The predicted octanol–water partition coefficient (Wildman–Crippen LogP) is 4.63. The SMILES string of the molecule is O=C(O)N1CCC(n2c(=O)[nH]c3ccccc32)C(c2ccccc2Cc2ccccc2)C1. The number of rotatable bonds is 4. The van der Waals surface area contributed by atoms with Crippen molar-refractivity contribution < 1.29 is 9.90 Å². The number of nitrogens with zero attached hydrogens (tertiary/aromatic N) is 2. The van der Waals surface area contributed by atoms with E-state index in [1.165, 1.54) is 10.5 Å². The number of hydrogen-bond acceptors (Lipinski definition) is 2. The minimum atomic E-state index is -0.916. The van der Waals surface area contributed by atoms with Crippen molar-refractivity contribution in [2.75, 3.05) is 13.1 Å². The normalized spacial score (nSPS) is 18.7. The van der Waals surface area contributed by atoms with Gasteiger partial charge in [-0.05, 0) is 41.7 Å². The van der Waals surface area contributed by atoms with Gasteiger partial charge in [-0.25, -0.2) is 9.59 Å². The first kappa shape index (κ1) is 20.1. The van der Waals surface area contributed by atoms with Crippen molar-refractivity contribution in [3.63, 3.8) is 0 Å². The fourth-order valence-corrected chi connectivity index (χ4v) is 5.00. The summed E-state index contributed by atoms with van der Waals surface area (Å²) in [5.41, 5.74) is 4.97. The van der Waals surface area contributed by atoms with E-state index in [0.29, 0.717) is 19.5 Å². The molecule has 0 radical (unpaired) electrons. The number of imidazole rings is 1. The van der Waals surface area contributed by atoms with E-state index in [0.717, 1.165) is 28.6 Å². The number of aromatic nitrogens is 2. The number of amides is 1. The molecule has 0 bridgehead atoms. The highest BCUT2D eigenvalue weighted by Gasteiger charge is 2.36. The van der Waals surface area contributed by atoms with Crippen LogP contribution in [0.25, 0.3) is 11.0 Å². The second kappa shape index (κ2) is 8.38. The van der Waals surface area contributed by atoms with E-state index in [9.17, 15) is 14.7 Å². The summed E-state index contributed by atoms with van der Waals surface area (Å²) in [6, 6.07) is 26.0. The Hall–Kier alpha value is -3.80. The molecule has 6 nitrogen and oxygen atoms in total. The van der Waals surface area contributed by atoms with Crippen LogP contribution >= 0.6 is 0 Å². The largest absolute Gasteiger partial charge is 0.465 e. The maximum Gasteiger partial charge on any atom is 0.407 e. The number of piperidine rings is 1. The van der Waals surface area contributed by atoms with Gasteiger partial charge in [-0.1, -0.05) is 66.7 Å². The van der Waals surface area contributed by atoms with Crippen LogP contribution in [0.2, 0.25) is 0 Å². The van der Waals surface area contributed by atoms with Gasteiger partial charge in [-0.2, -0.15) is 0 Å². The van der Waals surface area contributed by atoms with Crippen LogP contribution in [0.3, 0.4) is 0 Å². The zero-order chi connectivity index (χ0) is 22.1. The van der Waals surface area contributed by atoms with Crippen LogP contribution in [0.1, 0.15) is 35.1 Å². The van der Waals surface area contributed by atoms with E-state index in [-0.39, 0.29) is 17.6 Å². The average molecular weight is 428 g/mol. The lowest BCUT2D eigenvalue weighted by Crippen LogP contribution is -2.44. The first-order valence-corrected chi connectivity index (χ1v) is 10.9. The highest BCUT2D eigenvalue weighted by atomic mass is 16.4. The number of para-hydroxylation sites is 2. The summed E-state index contributed by atoms with van der Waals surface area (Å²) in [4.78, 5) is 29.2. The summed E-state index contributed by atoms with van der Waals surface area (Å²) >= 11 is 0. The quantitative estimate of drug-likeness (QED) is 0.498. The number of hydrogen-bond donors (Lipinski definition) is 2. The van der Waals surface area contributed by atoms with Gasteiger partial charge >= 0.3 is 11.8 Å². The Bertz CT molecular complexity index is 1310. The Labute approximate surface area is 185 Å². The molecule has 2 atom stereocenters. The van der Waals surface area contributed by atoms with Crippen LogP contribution in [-0.4, -0.2) is 38.7 Å². The molecular formula is C26H25N3O3. The second-order valence-corrected chi connectivity index (χ2v) is 8.37. The highest BCUT2D eigenvalue weighted by Crippen LogP contribution is 2.38. The Balaban J connectivity index is 1.61. The third kappa shape index (κ3) is 3.68. The molecule has 1 fully saturated rings. The lowest BCUT2D eigenvalue weighted by molar-refractivity contribution is 0.116. The summed E-state index contributed by atoms with van der Waals surface area (Å²) in [7, 11) is 0. The third-order valence-electron chi connectivity index (χ3n) is 6.49. The van der Waals surface area contributed by atoms with E-state index >= 15 is 0 Å². The van der Waals surface area contributed by atoms with Crippen molar-refractivity contribution in [3.8, 4) is 0 Å². The second-order valence-electron chi connectivity index (χ2n) is 8.37. The van der Waals surface area contributed by atoms with Crippen molar-refractivity contribution in [1.29, 1.82) is 0 Å². The van der Waals surface area contributed by atoms with Crippen LogP contribution in [-0.2, 0) is 6.42 Å². The molecule has 1 aliphatic rings. The number of carbonyl (C=O) groups is 1. The molecule has 5 rings (SSSR count). The standard InChI is InChI=1S/C26H25N3O3/c30-25-27-22-12-6-7-13-24(22)29(25)23-14-15-28(26(31)32)17-21(23)20-11-5-4-10-19(20)16-18-8-2-1-3-9-18/h1-13,21,23H,14-17H2,(H,27,30)(H,31,32). The molecule has 0 saturated carbocycles. The molecule has 0 aliphatic carbocycles. The smallest absolute Gasteiger partial charge is 0.407 e. The molecule has 2 N–H and O–H groups in total. The zero-order valence-electron chi connectivity index (χ0n) is 17.6. The highest BCUT2D eigenvalue weighted by molar-refractivity contribution is 5.75. The lowest BCUT2D eigenvalue weighted by atomic mass is 9.82. The molecule has 162 valence electrons. The Morgan fingerprint density at radius 1 is 0.969 bits per heavy atom. The van der Waals surface area contributed by atoms with Crippen LogP contribution in [0.5, 0.6) is 0 Å². The first-order chi connectivity index (χ1) is 15.6. The molecule has 3 aromatic carbocycles. The van der Waals surface area contributed by atoms with Gasteiger partial charge in [0.1, 0.15) is 0 Å². The van der Waals surface area contributed by atoms with Crippen molar-refractivity contribution in [2.45, 2.75) is 24.8 Å². The van der Waals surface area contributed by atoms with Crippen LogP contribution in [0.15, 0.2) is 83.7 Å². The fourth-order valence-electron chi connectivity index (χ4n) is 5.00. The molecule has 4 aromatic rings. The number of carboxylic acid groups (broad SMARTS) is 1. The van der Waals surface area contributed by atoms with Gasteiger partial charge in [0, 0.05) is 25.0 Å². The molecule has 2 unspecified atom stereocenters. The van der Waals surface area contributed by atoms with Gasteiger partial charge in [0.25, 0.3) is 0 Å². The molecule has 1 aliphatic heterocycles. The molecular weight excluding hydrogens is 402 g/mol. The number of likely N-dealkylation sites (tertiary alicyclic amines) is 1. The zero-order valence-corrected chi connectivity index (χ0v) is 17.6. The summed E-state index contributed by atoms with van der Waals surface area (Å²) in [5, 5.41) is 9.70. The molecule has 1 aromatic heterocycles. The van der Waals surface area contributed by atoms with Gasteiger partial charge in [0.2, 0.25) is 0 Å². The van der Waals surface area contributed by atoms with Crippen LogP contribution in [0, 0.1) is 0 Å². The van der Waals surface area contributed by atoms with E-state index < -0.39 is 6.09 Å². The molecule has 32 heavy (non-hydrogen) atoms. The minimum absolute atomic E-state index is 0.128. The molecule has 1 amide bonds. The van der Waals surface area contributed by atoms with Crippen molar-refractivity contribution in [3.05, 3.63) is 106 Å². The summed E-state index contributed by atoms with van der Waals surface area (Å²) in [6.45, 7) is 0.765. The van der Waals surface area contributed by atoms with Gasteiger partial charge in [-0.3, -0.25) is 4.57 Å². The lowest BCUT2D eigenvalue weighted by Gasteiger charge is -2.39.